The predicted molar refractivity (Wildman–Crippen MR) is 79.6 cm³/mol. The fraction of sp³-hybridized carbons (Fsp3) is 0.294. The molecule has 0 N–H and O–H groups in total. The fourth-order valence-electron chi connectivity index (χ4n) is 2.20. The van der Waals surface area contributed by atoms with E-state index in [2.05, 4.69) is 6.07 Å². The summed E-state index contributed by atoms with van der Waals surface area (Å²) in [6, 6.07) is 11.1. The van der Waals surface area contributed by atoms with Gasteiger partial charge in [-0.3, -0.25) is 4.79 Å². The quantitative estimate of drug-likeness (QED) is 0.843. The number of furan rings is 1. The van der Waals surface area contributed by atoms with Crippen molar-refractivity contribution in [2.75, 3.05) is 6.54 Å². The first-order chi connectivity index (χ1) is 10.2. The smallest absolute Gasteiger partial charge is 0.257 e. The molecule has 21 heavy (non-hydrogen) atoms. The van der Waals surface area contributed by atoms with Crippen molar-refractivity contribution in [2.45, 2.75) is 26.8 Å². The highest BCUT2D eigenvalue weighted by Gasteiger charge is 2.18. The molecule has 4 nitrogen and oxygen atoms in total. The van der Waals surface area contributed by atoms with Gasteiger partial charge >= 0.3 is 0 Å². The number of carbonyl (C=O) groups excluding carboxylic acids is 1. The number of hydrogen-bond donors (Lipinski definition) is 0. The summed E-state index contributed by atoms with van der Waals surface area (Å²) in [4.78, 5) is 14.4. The van der Waals surface area contributed by atoms with Gasteiger partial charge in [-0.25, -0.2) is 0 Å². The number of carbonyl (C=O) groups is 1. The Labute approximate surface area is 124 Å². The minimum atomic E-state index is -0.0209. The van der Waals surface area contributed by atoms with Crippen LogP contribution in [0.3, 0.4) is 0 Å². The number of rotatable bonds is 5. The van der Waals surface area contributed by atoms with Gasteiger partial charge in [0.15, 0.2) is 0 Å². The van der Waals surface area contributed by atoms with Crippen molar-refractivity contribution in [3.63, 3.8) is 0 Å². The van der Waals surface area contributed by atoms with E-state index in [1.54, 1.807) is 30.0 Å². The largest absolute Gasteiger partial charge is 0.469 e. The van der Waals surface area contributed by atoms with E-state index in [0.717, 1.165) is 12.0 Å². The van der Waals surface area contributed by atoms with Gasteiger partial charge in [-0.15, -0.1) is 0 Å². The monoisotopic (exact) mass is 282 g/mol. The summed E-state index contributed by atoms with van der Waals surface area (Å²) >= 11 is 0. The van der Waals surface area contributed by atoms with Crippen LogP contribution in [-0.4, -0.2) is 17.4 Å². The SMILES string of the molecule is CCCN(Cc1ccc(C#N)cc1)C(=O)c1ccoc1C. The van der Waals surface area contributed by atoms with Crippen molar-refractivity contribution >= 4 is 5.91 Å². The van der Waals surface area contributed by atoms with Crippen molar-refractivity contribution in [3.8, 4) is 6.07 Å². The predicted octanol–water partition coefficient (Wildman–Crippen LogP) is 3.51. The van der Waals surface area contributed by atoms with E-state index in [1.807, 2.05) is 19.1 Å². The lowest BCUT2D eigenvalue weighted by atomic mass is 10.1. The number of benzene rings is 1. The molecule has 0 fully saturated rings. The van der Waals surface area contributed by atoms with Gasteiger partial charge < -0.3 is 9.32 Å². The fourth-order valence-corrected chi connectivity index (χ4v) is 2.20. The Morgan fingerprint density at radius 3 is 2.52 bits per heavy atom. The van der Waals surface area contributed by atoms with Crippen LogP contribution in [-0.2, 0) is 6.54 Å². The van der Waals surface area contributed by atoms with Crippen molar-refractivity contribution in [1.82, 2.24) is 4.90 Å². The molecule has 0 unspecified atom stereocenters. The van der Waals surface area contributed by atoms with E-state index >= 15 is 0 Å². The first-order valence-corrected chi connectivity index (χ1v) is 6.98. The summed E-state index contributed by atoms with van der Waals surface area (Å²) in [6.45, 7) is 5.05. The van der Waals surface area contributed by atoms with Crippen LogP contribution in [0.15, 0.2) is 41.0 Å². The van der Waals surface area contributed by atoms with Crippen molar-refractivity contribution in [3.05, 3.63) is 59.0 Å². The van der Waals surface area contributed by atoms with Crippen molar-refractivity contribution < 1.29 is 9.21 Å². The summed E-state index contributed by atoms with van der Waals surface area (Å²) in [5, 5.41) is 8.81. The second kappa shape index (κ2) is 6.76. The second-order valence-corrected chi connectivity index (χ2v) is 4.93. The highest BCUT2D eigenvalue weighted by molar-refractivity contribution is 5.95. The number of hydrogen-bond acceptors (Lipinski definition) is 3. The zero-order chi connectivity index (χ0) is 15.2. The van der Waals surface area contributed by atoms with E-state index in [9.17, 15) is 4.79 Å². The third-order valence-electron chi connectivity index (χ3n) is 3.33. The van der Waals surface area contributed by atoms with Gasteiger partial charge in [0.2, 0.25) is 0 Å². The zero-order valence-corrected chi connectivity index (χ0v) is 12.3. The minimum Gasteiger partial charge on any atom is -0.469 e. The van der Waals surface area contributed by atoms with Crippen LogP contribution in [0.1, 0.15) is 40.6 Å². The first-order valence-electron chi connectivity index (χ1n) is 6.98. The number of nitrogens with zero attached hydrogens (tertiary/aromatic N) is 2. The average Bonchev–Trinajstić information content (AvgIpc) is 2.93. The topological polar surface area (TPSA) is 57.2 Å². The Bertz CT molecular complexity index is 650. The maximum Gasteiger partial charge on any atom is 0.257 e. The molecular weight excluding hydrogens is 264 g/mol. The number of nitriles is 1. The van der Waals surface area contributed by atoms with Crippen molar-refractivity contribution in [1.29, 1.82) is 5.26 Å². The lowest BCUT2D eigenvalue weighted by Gasteiger charge is -2.22. The highest BCUT2D eigenvalue weighted by atomic mass is 16.3. The van der Waals surface area contributed by atoms with Gasteiger partial charge in [0.25, 0.3) is 5.91 Å². The van der Waals surface area contributed by atoms with Gasteiger partial charge in [0, 0.05) is 13.1 Å². The number of aryl methyl sites for hydroxylation is 1. The zero-order valence-electron chi connectivity index (χ0n) is 12.3. The first kappa shape index (κ1) is 14.9. The molecule has 0 aliphatic rings. The van der Waals surface area contributed by atoms with Crippen LogP contribution in [0.25, 0.3) is 0 Å². The molecule has 1 aromatic heterocycles. The molecule has 0 bridgehead atoms. The lowest BCUT2D eigenvalue weighted by molar-refractivity contribution is 0.0741. The molecule has 1 heterocycles. The van der Waals surface area contributed by atoms with Gasteiger partial charge in [-0.1, -0.05) is 19.1 Å². The average molecular weight is 282 g/mol. The normalized spacial score (nSPS) is 10.1. The summed E-state index contributed by atoms with van der Waals surface area (Å²) in [5.41, 5.74) is 2.24. The van der Waals surface area contributed by atoms with Crippen LogP contribution < -0.4 is 0 Å². The van der Waals surface area contributed by atoms with Crippen LogP contribution in [0, 0.1) is 18.3 Å². The van der Waals surface area contributed by atoms with E-state index in [1.165, 1.54) is 6.26 Å². The molecule has 4 heteroatoms. The Morgan fingerprint density at radius 2 is 2.00 bits per heavy atom. The molecule has 0 saturated heterocycles. The van der Waals surface area contributed by atoms with Crippen LogP contribution >= 0.6 is 0 Å². The molecule has 0 atom stereocenters. The van der Waals surface area contributed by atoms with Crippen LogP contribution in [0.2, 0.25) is 0 Å². The Balaban J connectivity index is 2.17. The summed E-state index contributed by atoms with van der Waals surface area (Å²) < 4.78 is 5.21. The maximum absolute atomic E-state index is 12.6. The molecule has 0 spiro atoms. The van der Waals surface area contributed by atoms with E-state index < -0.39 is 0 Å². The minimum absolute atomic E-state index is 0.0209. The van der Waals surface area contributed by atoms with E-state index in [0.29, 0.717) is 30.0 Å². The van der Waals surface area contributed by atoms with Gasteiger partial charge in [0.05, 0.1) is 23.5 Å². The van der Waals surface area contributed by atoms with Crippen molar-refractivity contribution in [2.24, 2.45) is 0 Å². The molecule has 0 radical (unpaired) electrons. The Morgan fingerprint density at radius 1 is 1.29 bits per heavy atom. The summed E-state index contributed by atoms with van der Waals surface area (Å²) in [5.74, 6) is 0.619. The molecular formula is C17H18N2O2. The Kier molecular flexibility index (Phi) is 4.78. The van der Waals surface area contributed by atoms with Crippen LogP contribution in [0.5, 0.6) is 0 Å². The van der Waals surface area contributed by atoms with Gasteiger partial charge in [-0.05, 0) is 37.1 Å². The van der Waals surface area contributed by atoms with E-state index in [-0.39, 0.29) is 5.91 Å². The summed E-state index contributed by atoms with van der Waals surface area (Å²) in [7, 11) is 0. The second-order valence-electron chi connectivity index (χ2n) is 4.93. The molecule has 2 rings (SSSR count). The molecule has 108 valence electrons. The van der Waals surface area contributed by atoms with E-state index in [4.69, 9.17) is 9.68 Å². The summed E-state index contributed by atoms with van der Waals surface area (Å²) in [6.07, 6.45) is 2.42. The highest BCUT2D eigenvalue weighted by Crippen LogP contribution is 2.15. The lowest BCUT2D eigenvalue weighted by Crippen LogP contribution is -2.31. The maximum atomic E-state index is 12.6. The molecule has 0 aliphatic carbocycles. The molecule has 0 saturated carbocycles. The molecule has 2 aromatic rings. The Hall–Kier alpha value is -2.54. The standard InChI is InChI=1S/C17H18N2O2/c1-3-9-19(17(20)16-8-10-21-13(16)2)12-15-6-4-14(11-18)5-7-15/h4-8,10H,3,9,12H2,1-2H3. The van der Waals surface area contributed by atoms with Gasteiger partial charge in [-0.2, -0.15) is 5.26 Å². The molecule has 1 aromatic carbocycles. The third kappa shape index (κ3) is 3.51. The van der Waals surface area contributed by atoms with Crippen LogP contribution in [0.4, 0.5) is 0 Å². The van der Waals surface area contributed by atoms with Gasteiger partial charge in [0.1, 0.15) is 5.76 Å². The molecule has 0 aliphatic heterocycles. The third-order valence-corrected chi connectivity index (χ3v) is 3.33. The molecule has 1 amide bonds. The number of amides is 1.